The quantitative estimate of drug-likeness (QED) is 0.463. The molecule has 105 valence electrons. The largest absolute Gasteiger partial charge is 1.00 e. The molecule has 18 heavy (non-hydrogen) atoms. The first-order chi connectivity index (χ1) is 8.00. The second-order valence-corrected chi connectivity index (χ2v) is 4.20. The van der Waals surface area contributed by atoms with Gasteiger partial charge >= 0.3 is 0 Å². The van der Waals surface area contributed by atoms with E-state index in [9.17, 15) is 0 Å². The van der Waals surface area contributed by atoms with E-state index in [1.54, 1.807) is 0 Å². The molecule has 0 aromatic carbocycles. The summed E-state index contributed by atoms with van der Waals surface area (Å²) in [7, 11) is 0. The van der Waals surface area contributed by atoms with Crippen LogP contribution in [0.25, 0.3) is 0 Å². The van der Waals surface area contributed by atoms with Gasteiger partial charge < -0.3 is 12.4 Å². The molecule has 0 fully saturated rings. The molecular weight excluding hydrogens is 331 g/mol. The first-order valence-electron chi connectivity index (χ1n) is 6.60. The van der Waals surface area contributed by atoms with E-state index in [1.165, 1.54) is 51.4 Å². The van der Waals surface area contributed by atoms with Crippen LogP contribution in [-0.4, -0.2) is 0 Å². The second-order valence-electron chi connectivity index (χ2n) is 4.20. The van der Waals surface area contributed by atoms with Gasteiger partial charge in [-0.05, 0) is 51.4 Å². The Morgan fingerprint density at radius 2 is 0.444 bits per heavy atom. The number of hydrogen-bond donors (Lipinski definition) is 0. The fraction of sp³-hybridized carbons (Fsp3) is 0.500. The van der Waals surface area contributed by atoms with Crippen LogP contribution in [0, 0.1) is 0 Å². The first-order valence-corrected chi connectivity index (χ1v) is 6.60. The molecule has 2 heteroatoms. The third-order valence-electron chi connectivity index (χ3n) is 2.67. The molecule has 0 aromatic heterocycles. The smallest absolute Gasteiger partial charge is 0 e. The molecule has 0 unspecified atom stereocenters. The fourth-order valence-corrected chi connectivity index (χ4v) is 1.71. The average Bonchev–Trinajstić information content (AvgIpc) is 2.15. The Kier molecular flexibility index (Phi) is 18.9. The molecule has 0 bridgehead atoms. The average molecular weight is 355 g/mol. The van der Waals surface area contributed by atoms with Crippen molar-refractivity contribution in [2.24, 2.45) is 0 Å². The summed E-state index contributed by atoms with van der Waals surface area (Å²) < 4.78 is 0. The molecule has 0 heterocycles. The van der Waals surface area contributed by atoms with Gasteiger partial charge in [0.15, 0.2) is 0 Å². The summed E-state index contributed by atoms with van der Waals surface area (Å²) >= 11 is 0. The minimum absolute atomic E-state index is 0. The Balaban J connectivity index is 0. The minimum Gasteiger partial charge on any atom is -1.00 e. The summed E-state index contributed by atoms with van der Waals surface area (Å²) in [4.78, 5) is 0. The van der Waals surface area contributed by atoms with Crippen molar-refractivity contribution < 1.29 is 31.9 Å². The molecule has 0 N–H and O–H groups in total. The Labute approximate surface area is 131 Å². The van der Waals surface area contributed by atoms with E-state index in [-0.39, 0.29) is 31.9 Å². The van der Waals surface area contributed by atoms with Gasteiger partial charge in [-0.15, -0.1) is 0 Å². The van der Waals surface area contributed by atoms with E-state index in [1.807, 2.05) is 0 Å². The van der Waals surface area contributed by atoms with E-state index in [0.717, 1.165) is 0 Å². The summed E-state index contributed by atoms with van der Waals surface area (Å²) in [6.07, 6.45) is 28.0. The standard InChI is InChI=1S/2C8H12.ClH.Rh/c2*1-2-4-6-8-7-5-3-1;;/h2*1-2,7-8H,3-6H2;1H;/p-1. The van der Waals surface area contributed by atoms with Crippen molar-refractivity contribution in [3.8, 4) is 0 Å². The predicted molar refractivity (Wildman–Crippen MR) is 73.5 cm³/mol. The normalized spacial score (nSPS) is 17.8. The van der Waals surface area contributed by atoms with Gasteiger partial charge in [-0.1, -0.05) is 48.6 Å². The van der Waals surface area contributed by atoms with Crippen LogP contribution >= 0.6 is 0 Å². The molecule has 0 amide bonds. The van der Waals surface area contributed by atoms with Crippen molar-refractivity contribution in [3.63, 3.8) is 0 Å². The van der Waals surface area contributed by atoms with Crippen LogP contribution in [0.2, 0.25) is 0 Å². The van der Waals surface area contributed by atoms with E-state index >= 15 is 0 Å². The topological polar surface area (TPSA) is 0 Å². The van der Waals surface area contributed by atoms with E-state index < -0.39 is 0 Å². The van der Waals surface area contributed by atoms with Crippen LogP contribution < -0.4 is 12.4 Å². The molecule has 1 radical (unpaired) electrons. The maximum atomic E-state index is 2.27. The molecule has 2 rings (SSSR count). The van der Waals surface area contributed by atoms with Gasteiger partial charge in [0.2, 0.25) is 0 Å². The van der Waals surface area contributed by atoms with Crippen LogP contribution in [-0.2, 0) is 19.5 Å². The number of rotatable bonds is 0. The van der Waals surface area contributed by atoms with Gasteiger partial charge in [-0.2, -0.15) is 0 Å². The van der Waals surface area contributed by atoms with Gasteiger partial charge in [0.25, 0.3) is 0 Å². The minimum atomic E-state index is 0. The van der Waals surface area contributed by atoms with E-state index in [4.69, 9.17) is 0 Å². The van der Waals surface area contributed by atoms with Gasteiger partial charge in [0, 0.05) is 19.5 Å². The molecule has 0 spiro atoms. The molecule has 0 aromatic rings. The van der Waals surface area contributed by atoms with E-state index in [2.05, 4.69) is 48.6 Å². The van der Waals surface area contributed by atoms with Crippen molar-refractivity contribution in [1.29, 1.82) is 0 Å². The van der Waals surface area contributed by atoms with Crippen molar-refractivity contribution in [3.05, 3.63) is 48.6 Å². The maximum Gasteiger partial charge on any atom is 0 e. The maximum absolute atomic E-state index is 2.27. The second kappa shape index (κ2) is 16.9. The Morgan fingerprint density at radius 3 is 0.556 bits per heavy atom. The molecule has 2 aliphatic carbocycles. The summed E-state index contributed by atoms with van der Waals surface area (Å²) in [5, 5.41) is 0. The number of halogens is 1. The summed E-state index contributed by atoms with van der Waals surface area (Å²) in [6, 6.07) is 0. The van der Waals surface area contributed by atoms with Crippen molar-refractivity contribution in [2.75, 3.05) is 0 Å². The van der Waals surface area contributed by atoms with E-state index in [0.29, 0.717) is 0 Å². The van der Waals surface area contributed by atoms with Crippen molar-refractivity contribution >= 4 is 0 Å². The van der Waals surface area contributed by atoms with Crippen LogP contribution in [0.1, 0.15) is 51.4 Å². The zero-order chi connectivity index (χ0) is 11.3. The fourth-order valence-electron chi connectivity index (χ4n) is 1.71. The van der Waals surface area contributed by atoms with Crippen molar-refractivity contribution in [1.82, 2.24) is 0 Å². The predicted octanol–water partition coefficient (Wildman–Crippen LogP) is 2.35. The third-order valence-corrected chi connectivity index (χ3v) is 2.67. The van der Waals surface area contributed by atoms with Crippen LogP contribution in [0.5, 0.6) is 0 Å². The molecule has 0 saturated heterocycles. The van der Waals surface area contributed by atoms with Crippen LogP contribution in [0.4, 0.5) is 0 Å². The summed E-state index contributed by atoms with van der Waals surface area (Å²) in [5.74, 6) is 0. The zero-order valence-corrected chi connectivity index (χ0v) is 13.4. The number of hydrogen-bond acceptors (Lipinski definition) is 0. The van der Waals surface area contributed by atoms with Gasteiger partial charge in [-0.3, -0.25) is 0 Å². The molecule has 0 atom stereocenters. The molecule has 2 aliphatic rings. The Morgan fingerprint density at radius 1 is 0.333 bits per heavy atom. The molecule has 0 nitrogen and oxygen atoms in total. The van der Waals surface area contributed by atoms with Crippen molar-refractivity contribution in [2.45, 2.75) is 51.4 Å². The SMILES string of the molecule is C1=CCCC=CCC1.C1=CCCC=CCC1.[Cl-].[Rh]. The zero-order valence-electron chi connectivity index (χ0n) is 11.0. The van der Waals surface area contributed by atoms with Gasteiger partial charge in [0.1, 0.15) is 0 Å². The van der Waals surface area contributed by atoms with Gasteiger partial charge in [-0.25, -0.2) is 0 Å². The molecule has 0 aliphatic heterocycles. The summed E-state index contributed by atoms with van der Waals surface area (Å²) in [5.41, 5.74) is 0. The first kappa shape index (κ1) is 20.2. The monoisotopic (exact) mass is 354 g/mol. The Bertz CT molecular complexity index is 184. The van der Waals surface area contributed by atoms with Gasteiger partial charge in [0.05, 0.1) is 0 Å². The summed E-state index contributed by atoms with van der Waals surface area (Å²) in [6.45, 7) is 0. The van der Waals surface area contributed by atoms with Crippen LogP contribution in [0.15, 0.2) is 48.6 Å². The number of allylic oxidation sites excluding steroid dienone is 8. The molecule has 0 saturated carbocycles. The van der Waals surface area contributed by atoms with Crippen LogP contribution in [0.3, 0.4) is 0 Å². The molecular formula is C16H24ClRh-. The third kappa shape index (κ3) is 13.9. The Hall–Kier alpha value is -0.127.